The summed E-state index contributed by atoms with van der Waals surface area (Å²) < 4.78 is 14.9. The van der Waals surface area contributed by atoms with Crippen LogP contribution in [0, 0.1) is 5.82 Å². The van der Waals surface area contributed by atoms with E-state index in [4.69, 9.17) is 11.6 Å². The van der Waals surface area contributed by atoms with Crippen LogP contribution in [0.25, 0.3) is 10.9 Å². The van der Waals surface area contributed by atoms with Crippen LogP contribution in [-0.4, -0.2) is 14.9 Å². The van der Waals surface area contributed by atoms with Crippen molar-refractivity contribution >= 4 is 22.5 Å². The molecule has 1 N–H and O–H groups in total. The Kier molecular flexibility index (Phi) is 3.66. The number of nitrogens with zero attached hydrogens (tertiary/aromatic N) is 2. The van der Waals surface area contributed by atoms with E-state index in [2.05, 4.69) is 5.10 Å². The Labute approximate surface area is 126 Å². The summed E-state index contributed by atoms with van der Waals surface area (Å²) in [5.74, 6) is -0.460. The van der Waals surface area contributed by atoms with Crippen LogP contribution in [0.4, 0.5) is 4.39 Å². The van der Waals surface area contributed by atoms with Gasteiger partial charge in [0.25, 0.3) is 0 Å². The lowest BCUT2D eigenvalue weighted by atomic mass is 10.0. The second kappa shape index (κ2) is 5.47. The Hall–Kier alpha value is -1.91. The molecule has 0 saturated heterocycles. The van der Waals surface area contributed by atoms with Crippen LogP contribution in [-0.2, 0) is 13.5 Å². The Bertz CT molecular complexity index is 800. The number of fused-ring (bicyclic) bond motifs is 1. The molecule has 1 heterocycles. The Morgan fingerprint density at radius 2 is 2.05 bits per heavy atom. The molecule has 21 heavy (non-hydrogen) atoms. The maximum atomic E-state index is 13.2. The molecule has 108 valence electrons. The summed E-state index contributed by atoms with van der Waals surface area (Å²) in [5.41, 5.74) is 2.35. The normalized spacial score (nSPS) is 12.8. The monoisotopic (exact) mass is 304 g/mol. The molecule has 1 unspecified atom stereocenters. The van der Waals surface area contributed by atoms with Crippen molar-refractivity contribution in [2.24, 2.45) is 7.05 Å². The Morgan fingerprint density at radius 3 is 2.81 bits per heavy atom. The van der Waals surface area contributed by atoms with E-state index in [0.29, 0.717) is 12.1 Å². The van der Waals surface area contributed by atoms with Crippen molar-refractivity contribution < 1.29 is 9.50 Å². The average molecular weight is 305 g/mol. The summed E-state index contributed by atoms with van der Waals surface area (Å²) in [6, 6.07) is 12.2. The van der Waals surface area contributed by atoms with Gasteiger partial charge in [-0.2, -0.15) is 5.10 Å². The smallest absolute Gasteiger partial charge is 0.141 e. The minimum atomic E-state index is -0.766. The predicted molar refractivity (Wildman–Crippen MR) is 80.8 cm³/mol. The maximum absolute atomic E-state index is 13.2. The highest BCUT2D eigenvalue weighted by molar-refractivity contribution is 6.30. The molecule has 3 rings (SSSR count). The lowest BCUT2D eigenvalue weighted by Gasteiger charge is -2.09. The van der Waals surface area contributed by atoms with Crippen LogP contribution >= 0.6 is 11.6 Å². The lowest BCUT2D eigenvalue weighted by Crippen LogP contribution is -2.04. The number of rotatable bonds is 3. The predicted octanol–water partition coefficient (Wildman–Crippen LogP) is 3.64. The minimum absolute atomic E-state index is 0.0607. The van der Waals surface area contributed by atoms with Crippen molar-refractivity contribution in [1.29, 1.82) is 0 Å². The van der Waals surface area contributed by atoms with Gasteiger partial charge in [0.15, 0.2) is 0 Å². The zero-order chi connectivity index (χ0) is 15.0. The molecule has 0 saturated carbocycles. The fourth-order valence-corrected chi connectivity index (χ4v) is 2.68. The molecule has 0 bridgehead atoms. The van der Waals surface area contributed by atoms with Crippen LogP contribution in [0.1, 0.15) is 17.4 Å². The van der Waals surface area contributed by atoms with Crippen molar-refractivity contribution in [3.63, 3.8) is 0 Å². The molecule has 5 heteroatoms. The third-order valence-corrected chi connectivity index (χ3v) is 3.80. The summed E-state index contributed by atoms with van der Waals surface area (Å²) in [6.07, 6.45) is -0.432. The molecule has 0 amide bonds. The van der Waals surface area contributed by atoms with Crippen LogP contribution in [0.5, 0.6) is 0 Å². The van der Waals surface area contributed by atoms with Gasteiger partial charge in [0.2, 0.25) is 0 Å². The van der Waals surface area contributed by atoms with Gasteiger partial charge in [-0.15, -0.1) is 0 Å². The van der Waals surface area contributed by atoms with Crippen LogP contribution in [0.15, 0.2) is 42.5 Å². The van der Waals surface area contributed by atoms with E-state index in [1.54, 1.807) is 10.7 Å². The highest BCUT2D eigenvalue weighted by Gasteiger charge is 2.17. The molecular weight excluding hydrogens is 291 g/mol. The molecule has 1 atom stereocenters. The highest BCUT2D eigenvalue weighted by Crippen LogP contribution is 2.26. The van der Waals surface area contributed by atoms with Crippen molar-refractivity contribution in [2.75, 3.05) is 0 Å². The number of halogens is 2. The van der Waals surface area contributed by atoms with Gasteiger partial charge in [-0.3, -0.25) is 4.68 Å². The topological polar surface area (TPSA) is 38.0 Å². The van der Waals surface area contributed by atoms with E-state index in [-0.39, 0.29) is 5.02 Å². The number of aliphatic hydroxyl groups is 1. The first-order valence-electron chi connectivity index (χ1n) is 6.60. The number of benzene rings is 2. The first-order valence-corrected chi connectivity index (χ1v) is 6.97. The fourth-order valence-electron chi connectivity index (χ4n) is 2.47. The number of hydrogen-bond acceptors (Lipinski definition) is 2. The van der Waals surface area contributed by atoms with Gasteiger partial charge in [-0.05, 0) is 23.8 Å². The van der Waals surface area contributed by atoms with Gasteiger partial charge in [0.1, 0.15) is 11.9 Å². The van der Waals surface area contributed by atoms with Crippen LogP contribution in [0.3, 0.4) is 0 Å². The van der Waals surface area contributed by atoms with E-state index >= 15 is 0 Å². The number of aromatic nitrogens is 2. The summed E-state index contributed by atoms with van der Waals surface area (Å²) in [5, 5.41) is 15.8. The van der Waals surface area contributed by atoms with E-state index in [9.17, 15) is 9.50 Å². The molecule has 3 nitrogen and oxygen atoms in total. The highest BCUT2D eigenvalue weighted by atomic mass is 35.5. The maximum Gasteiger partial charge on any atom is 0.141 e. The molecule has 3 aromatic rings. The molecule has 1 aromatic heterocycles. The largest absolute Gasteiger partial charge is 0.386 e. The average Bonchev–Trinajstić information content (AvgIpc) is 2.81. The van der Waals surface area contributed by atoms with E-state index in [1.807, 2.05) is 31.3 Å². The summed E-state index contributed by atoms with van der Waals surface area (Å²) in [4.78, 5) is 0. The Balaban J connectivity index is 1.93. The zero-order valence-corrected chi connectivity index (χ0v) is 12.2. The fraction of sp³-hybridized carbons (Fsp3) is 0.188. The first-order chi connectivity index (χ1) is 10.1. The van der Waals surface area contributed by atoms with E-state index < -0.39 is 11.9 Å². The van der Waals surface area contributed by atoms with Crippen molar-refractivity contribution in [2.45, 2.75) is 12.5 Å². The number of aryl methyl sites for hydroxylation is 1. The second-order valence-corrected chi connectivity index (χ2v) is 5.40. The van der Waals surface area contributed by atoms with Crippen molar-refractivity contribution in [3.8, 4) is 0 Å². The summed E-state index contributed by atoms with van der Waals surface area (Å²) in [6.45, 7) is 0. The molecule has 0 spiro atoms. The minimum Gasteiger partial charge on any atom is -0.386 e. The molecule has 0 radical (unpaired) electrons. The van der Waals surface area contributed by atoms with Gasteiger partial charge in [0, 0.05) is 18.9 Å². The van der Waals surface area contributed by atoms with Crippen molar-refractivity contribution in [1.82, 2.24) is 9.78 Å². The summed E-state index contributed by atoms with van der Waals surface area (Å²) >= 11 is 5.77. The third-order valence-electron chi connectivity index (χ3n) is 3.52. The summed E-state index contributed by atoms with van der Waals surface area (Å²) in [7, 11) is 1.84. The molecule has 0 aliphatic rings. The number of aliphatic hydroxyl groups excluding tert-OH is 1. The molecular formula is C16H14ClFN2O. The van der Waals surface area contributed by atoms with E-state index in [0.717, 1.165) is 16.5 Å². The first kappa shape index (κ1) is 14.0. The van der Waals surface area contributed by atoms with E-state index in [1.165, 1.54) is 12.1 Å². The van der Waals surface area contributed by atoms with Gasteiger partial charge < -0.3 is 5.11 Å². The third kappa shape index (κ3) is 2.64. The van der Waals surface area contributed by atoms with Gasteiger partial charge >= 0.3 is 0 Å². The SMILES string of the molecule is Cn1nc(C(O)Cc2ccc(F)c(Cl)c2)c2ccccc21. The van der Waals surface area contributed by atoms with Gasteiger partial charge in [0.05, 0.1) is 16.2 Å². The molecule has 2 aromatic carbocycles. The molecule has 0 fully saturated rings. The zero-order valence-electron chi connectivity index (χ0n) is 11.4. The number of para-hydroxylation sites is 1. The molecule has 0 aliphatic carbocycles. The van der Waals surface area contributed by atoms with Crippen LogP contribution in [0.2, 0.25) is 5.02 Å². The standard InChI is InChI=1S/C16H14ClFN2O/c1-20-14-5-3-2-4-11(14)16(19-20)15(21)9-10-6-7-13(18)12(17)8-10/h2-8,15,21H,9H2,1H3. The van der Waals surface area contributed by atoms with Gasteiger partial charge in [-0.1, -0.05) is 35.9 Å². The molecule has 0 aliphatic heterocycles. The van der Waals surface area contributed by atoms with Crippen molar-refractivity contribution in [3.05, 3.63) is 64.6 Å². The van der Waals surface area contributed by atoms with Gasteiger partial charge in [-0.25, -0.2) is 4.39 Å². The van der Waals surface area contributed by atoms with Crippen LogP contribution < -0.4 is 0 Å². The Morgan fingerprint density at radius 1 is 1.29 bits per heavy atom. The quantitative estimate of drug-likeness (QED) is 0.802. The second-order valence-electron chi connectivity index (χ2n) is 4.99. The number of hydrogen-bond donors (Lipinski definition) is 1. The lowest BCUT2D eigenvalue weighted by molar-refractivity contribution is 0.174.